The largest absolute Gasteiger partial charge is 0.508 e. The van der Waals surface area contributed by atoms with Crippen molar-refractivity contribution in [3.05, 3.63) is 29.6 Å². The number of carbonyl (C=O) groups excluding carboxylic acids is 1. The average molecular weight is 251 g/mol. The molecule has 1 amide bonds. The second-order valence-electron chi connectivity index (χ2n) is 5.32. The first kappa shape index (κ1) is 12.9. The minimum Gasteiger partial charge on any atom is -0.508 e. The number of rotatable bonds is 1. The second-order valence-corrected chi connectivity index (χ2v) is 5.32. The maximum Gasteiger partial charge on any atom is 0.256 e. The van der Waals surface area contributed by atoms with Crippen molar-refractivity contribution < 1.29 is 14.3 Å². The number of piperidine rings is 1. The van der Waals surface area contributed by atoms with Crippen molar-refractivity contribution in [2.45, 2.75) is 20.3 Å². The van der Waals surface area contributed by atoms with Gasteiger partial charge in [-0.05, 0) is 30.4 Å². The first-order valence-corrected chi connectivity index (χ1v) is 6.25. The molecule has 0 saturated carbocycles. The molecule has 1 fully saturated rings. The van der Waals surface area contributed by atoms with Crippen molar-refractivity contribution in [1.29, 1.82) is 0 Å². The summed E-state index contributed by atoms with van der Waals surface area (Å²) in [5.41, 5.74) is 0.0362. The third-order valence-electron chi connectivity index (χ3n) is 3.34. The van der Waals surface area contributed by atoms with E-state index in [4.69, 9.17) is 5.11 Å². The monoisotopic (exact) mass is 251 g/mol. The lowest BCUT2D eigenvalue weighted by Gasteiger charge is -2.35. The lowest BCUT2D eigenvalue weighted by atomic mass is 9.91. The van der Waals surface area contributed by atoms with Crippen LogP contribution in [0.3, 0.4) is 0 Å². The fourth-order valence-corrected chi connectivity index (χ4v) is 2.68. The summed E-state index contributed by atoms with van der Waals surface area (Å²) in [5.74, 6) is -0.225. The molecule has 1 N–H and O–H groups in total. The topological polar surface area (TPSA) is 40.5 Å². The van der Waals surface area contributed by atoms with E-state index in [1.54, 1.807) is 4.90 Å². The first-order chi connectivity index (χ1) is 8.47. The highest BCUT2D eigenvalue weighted by molar-refractivity contribution is 5.94. The van der Waals surface area contributed by atoms with Gasteiger partial charge >= 0.3 is 0 Å². The Morgan fingerprint density at radius 2 is 1.94 bits per heavy atom. The SMILES string of the molecule is CC1CC(C)CN(C(=O)c2ccc(O)cc2F)C1. The zero-order valence-electron chi connectivity index (χ0n) is 10.7. The number of aromatic hydroxyl groups is 1. The standard InChI is InChI=1S/C14H18FNO2/c1-9-5-10(2)8-16(7-9)14(18)12-4-3-11(17)6-13(12)15/h3-4,6,9-10,17H,5,7-8H2,1-2H3. The van der Waals surface area contributed by atoms with Gasteiger partial charge in [-0.25, -0.2) is 4.39 Å². The van der Waals surface area contributed by atoms with E-state index >= 15 is 0 Å². The maximum absolute atomic E-state index is 13.6. The summed E-state index contributed by atoms with van der Waals surface area (Å²) in [4.78, 5) is 13.9. The fourth-order valence-electron chi connectivity index (χ4n) is 2.68. The second kappa shape index (κ2) is 4.96. The van der Waals surface area contributed by atoms with Gasteiger partial charge in [0.2, 0.25) is 0 Å². The van der Waals surface area contributed by atoms with Crippen molar-refractivity contribution in [3.63, 3.8) is 0 Å². The minimum absolute atomic E-state index is 0.0362. The van der Waals surface area contributed by atoms with E-state index in [0.29, 0.717) is 24.9 Å². The fraction of sp³-hybridized carbons (Fsp3) is 0.500. The highest BCUT2D eigenvalue weighted by atomic mass is 19.1. The van der Waals surface area contributed by atoms with Crippen molar-refractivity contribution in [2.75, 3.05) is 13.1 Å². The Bertz CT molecular complexity index is 451. The lowest BCUT2D eigenvalue weighted by Crippen LogP contribution is -2.42. The Kier molecular flexibility index (Phi) is 3.55. The van der Waals surface area contributed by atoms with E-state index in [-0.39, 0.29) is 17.2 Å². The van der Waals surface area contributed by atoms with Crippen LogP contribution in [0.5, 0.6) is 5.75 Å². The van der Waals surface area contributed by atoms with E-state index in [1.807, 2.05) is 0 Å². The van der Waals surface area contributed by atoms with Crippen LogP contribution in [0.2, 0.25) is 0 Å². The minimum atomic E-state index is -0.661. The number of carbonyl (C=O) groups is 1. The number of benzene rings is 1. The summed E-state index contributed by atoms with van der Waals surface area (Å²) >= 11 is 0. The van der Waals surface area contributed by atoms with Gasteiger partial charge in [-0.1, -0.05) is 13.8 Å². The van der Waals surface area contributed by atoms with Crippen LogP contribution in [0.4, 0.5) is 4.39 Å². The van der Waals surface area contributed by atoms with Crippen LogP contribution in [0, 0.1) is 17.7 Å². The molecule has 2 unspecified atom stereocenters. The number of halogens is 1. The average Bonchev–Trinajstić information content (AvgIpc) is 2.26. The Labute approximate surface area is 106 Å². The Balaban J connectivity index is 2.20. The predicted octanol–water partition coefficient (Wildman–Crippen LogP) is 2.65. The van der Waals surface area contributed by atoms with E-state index in [1.165, 1.54) is 12.1 Å². The summed E-state index contributed by atoms with van der Waals surface area (Å²) in [6.07, 6.45) is 1.10. The van der Waals surface area contributed by atoms with Crippen LogP contribution in [0.1, 0.15) is 30.6 Å². The normalized spacial score (nSPS) is 24.1. The van der Waals surface area contributed by atoms with Gasteiger partial charge in [0.1, 0.15) is 11.6 Å². The molecule has 0 aliphatic carbocycles. The van der Waals surface area contributed by atoms with Crippen molar-refractivity contribution >= 4 is 5.91 Å². The van der Waals surface area contributed by atoms with Gasteiger partial charge < -0.3 is 10.0 Å². The van der Waals surface area contributed by atoms with Crippen LogP contribution in [0.25, 0.3) is 0 Å². The van der Waals surface area contributed by atoms with Crippen LogP contribution in [-0.4, -0.2) is 29.0 Å². The van der Waals surface area contributed by atoms with Crippen LogP contribution >= 0.6 is 0 Å². The van der Waals surface area contributed by atoms with Crippen LogP contribution in [-0.2, 0) is 0 Å². The van der Waals surface area contributed by atoms with Crippen LogP contribution in [0.15, 0.2) is 18.2 Å². The molecular weight excluding hydrogens is 233 g/mol. The Morgan fingerprint density at radius 3 is 2.50 bits per heavy atom. The molecular formula is C14H18FNO2. The molecule has 1 aliphatic heterocycles. The lowest BCUT2D eigenvalue weighted by molar-refractivity contribution is 0.0618. The number of likely N-dealkylation sites (tertiary alicyclic amines) is 1. The van der Waals surface area contributed by atoms with Crippen molar-refractivity contribution in [2.24, 2.45) is 11.8 Å². The summed E-state index contributed by atoms with van der Waals surface area (Å²) in [5, 5.41) is 9.15. The molecule has 0 radical (unpaired) electrons. The van der Waals surface area contributed by atoms with Gasteiger partial charge in [-0.2, -0.15) is 0 Å². The van der Waals surface area contributed by atoms with E-state index in [0.717, 1.165) is 12.5 Å². The molecule has 2 rings (SSSR count). The third-order valence-corrected chi connectivity index (χ3v) is 3.34. The van der Waals surface area contributed by atoms with E-state index in [2.05, 4.69) is 13.8 Å². The molecule has 2 atom stereocenters. The van der Waals surface area contributed by atoms with Gasteiger partial charge in [0.25, 0.3) is 5.91 Å². The van der Waals surface area contributed by atoms with E-state index in [9.17, 15) is 9.18 Å². The van der Waals surface area contributed by atoms with E-state index < -0.39 is 5.82 Å². The number of nitrogens with zero attached hydrogens (tertiary/aromatic N) is 1. The molecule has 18 heavy (non-hydrogen) atoms. The zero-order valence-corrected chi connectivity index (χ0v) is 10.7. The number of hydrogen-bond acceptors (Lipinski definition) is 2. The predicted molar refractivity (Wildman–Crippen MR) is 66.9 cm³/mol. The molecule has 0 spiro atoms. The molecule has 0 aromatic heterocycles. The number of hydrogen-bond donors (Lipinski definition) is 1. The summed E-state index contributed by atoms with van der Waals surface area (Å²) in [7, 11) is 0. The van der Waals surface area contributed by atoms with Gasteiger partial charge in [0.15, 0.2) is 0 Å². The molecule has 0 bridgehead atoms. The molecule has 4 heteroatoms. The van der Waals surface area contributed by atoms with Crippen LogP contribution < -0.4 is 0 Å². The molecule has 1 aromatic rings. The zero-order chi connectivity index (χ0) is 13.3. The molecule has 1 saturated heterocycles. The van der Waals surface area contributed by atoms with Crippen molar-refractivity contribution in [1.82, 2.24) is 4.90 Å². The number of phenolic OH excluding ortho intramolecular Hbond substituents is 1. The Morgan fingerprint density at radius 1 is 1.33 bits per heavy atom. The first-order valence-electron chi connectivity index (χ1n) is 6.25. The van der Waals surface area contributed by atoms with Gasteiger partial charge in [-0.3, -0.25) is 4.79 Å². The molecule has 1 aromatic carbocycles. The van der Waals surface area contributed by atoms with Gasteiger partial charge in [0, 0.05) is 19.2 Å². The Hall–Kier alpha value is -1.58. The third kappa shape index (κ3) is 2.63. The highest BCUT2D eigenvalue weighted by Gasteiger charge is 2.27. The number of phenols is 1. The highest BCUT2D eigenvalue weighted by Crippen LogP contribution is 2.24. The number of amides is 1. The van der Waals surface area contributed by atoms with Gasteiger partial charge in [-0.15, -0.1) is 0 Å². The van der Waals surface area contributed by atoms with Crippen molar-refractivity contribution in [3.8, 4) is 5.75 Å². The molecule has 1 aliphatic rings. The quantitative estimate of drug-likeness (QED) is 0.833. The molecule has 3 nitrogen and oxygen atoms in total. The summed E-state index contributed by atoms with van der Waals surface area (Å²) in [6, 6.07) is 3.66. The smallest absolute Gasteiger partial charge is 0.256 e. The summed E-state index contributed by atoms with van der Waals surface area (Å²) < 4.78 is 13.6. The maximum atomic E-state index is 13.6. The molecule has 98 valence electrons. The van der Waals surface area contributed by atoms with Gasteiger partial charge in [0.05, 0.1) is 5.56 Å². The molecule has 1 heterocycles. The summed E-state index contributed by atoms with van der Waals surface area (Å²) in [6.45, 7) is 5.54.